The highest BCUT2D eigenvalue weighted by molar-refractivity contribution is 5.90. The molecule has 0 amide bonds. The summed E-state index contributed by atoms with van der Waals surface area (Å²) in [5.41, 5.74) is 2.85. The molecule has 8 atom stereocenters. The molecule has 6 fully saturated rings. The van der Waals surface area contributed by atoms with Gasteiger partial charge in [0.25, 0.3) is 0 Å². The third-order valence-electron chi connectivity index (χ3n) is 15.5. The summed E-state index contributed by atoms with van der Waals surface area (Å²) in [6.45, 7) is 4.75. The lowest BCUT2D eigenvalue weighted by atomic mass is 9.49. The third-order valence-corrected chi connectivity index (χ3v) is 15.5. The van der Waals surface area contributed by atoms with Crippen LogP contribution in [0.25, 0.3) is 0 Å². The quantitative estimate of drug-likeness (QED) is 0.386. The van der Waals surface area contributed by atoms with Crippen molar-refractivity contribution in [2.24, 2.45) is 17.8 Å². The number of rotatable bonds is 9. The Bertz CT molecular complexity index is 1890. The van der Waals surface area contributed by atoms with Crippen LogP contribution in [0, 0.1) is 17.8 Å². The normalized spacial score (nSPS) is 39.6. The number of ether oxygens (including phenoxy) is 4. The van der Waals surface area contributed by atoms with Gasteiger partial charge in [-0.05, 0) is 118 Å². The first-order valence-electron chi connectivity index (χ1n) is 20.1. The van der Waals surface area contributed by atoms with E-state index in [9.17, 15) is 14.7 Å². The highest BCUT2D eigenvalue weighted by Crippen LogP contribution is 2.66. The molecule has 2 spiro atoms. The number of benzene rings is 2. The molecule has 268 valence electrons. The summed E-state index contributed by atoms with van der Waals surface area (Å²) in [5, 5.41) is 12.6. The van der Waals surface area contributed by atoms with Crippen LogP contribution in [0.2, 0.25) is 0 Å². The molecule has 4 aliphatic heterocycles. The van der Waals surface area contributed by atoms with E-state index in [0.29, 0.717) is 55.1 Å². The summed E-state index contributed by atoms with van der Waals surface area (Å²) in [6.07, 6.45) is 10.1. The molecule has 0 radical (unpaired) electrons. The first-order valence-corrected chi connectivity index (χ1v) is 20.1. The molecule has 2 aromatic rings. The molecule has 0 aromatic heterocycles. The standard InChI is InChI=1S/C42H48N2O7/c45-29-8-7-27-28-19-25-5-9-31(36-34(25)40(27,38(29)50-36)13-15-43(28)21-23-1-2-23)48-17-18-49-32-10-6-26-20-33-42(47)12-11-30(46)39-41(42,35(26)37(32)51-39)14-16-44(33)22-24-3-4-24/h5-6,9-10,23-24,27-28,33,38-39,47H,1-4,7-8,11-22H2/t27?,28-,33-,38+,39+,40+,41+,42-/m1/s1. The van der Waals surface area contributed by atoms with Crippen molar-refractivity contribution in [2.45, 2.75) is 118 Å². The van der Waals surface area contributed by atoms with Crippen molar-refractivity contribution < 1.29 is 33.6 Å². The molecule has 1 N–H and O–H groups in total. The van der Waals surface area contributed by atoms with Crippen LogP contribution < -0.4 is 18.9 Å². The maximum atomic E-state index is 13.5. The highest BCUT2D eigenvalue weighted by atomic mass is 16.6. The predicted molar refractivity (Wildman–Crippen MR) is 186 cm³/mol. The number of Topliss-reactive ketones (excluding diaryl/α,β-unsaturated/α-hetero) is 2. The lowest BCUT2D eigenvalue weighted by Crippen LogP contribution is -2.76. The summed E-state index contributed by atoms with van der Waals surface area (Å²) in [5.74, 6) is 5.13. The monoisotopic (exact) mass is 692 g/mol. The Morgan fingerprint density at radius 1 is 0.725 bits per heavy atom. The van der Waals surface area contributed by atoms with Gasteiger partial charge in [-0.1, -0.05) is 12.1 Å². The summed E-state index contributed by atoms with van der Waals surface area (Å²) < 4.78 is 26.2. The third kappa shape index (κ3) is 3.88. The number of piperidine rings is 2. The molecule has 9 heteroatoms. The van der Waals surface area contributed by atoms with Crippen LogP contribution >= 0.6 is 0 Å². The molecule has 4 saturated carbocycles. The highest BCUT2D eigenvalue weighted by Gasteiger charge is 2.73. The molecule has 12 rings (SSSR count). The van der Waals surface area contributed by atoms with Gasteiger partial charge < -0.3 is 24.1 Å². The summed E-state index contributed by atoms with van der Waals surface area (Å²) in [4.78, 5) is 32.2. The van der Waals surface area contributed by atoms with Crippen LogP contribution in [0.15, 0.2) is 24.3 Å². The minimum atomic E-state index is -0.987. The van der Waals surface area contributed by atoms with Gasteiger partial charge in [-0.25, -0.2) is 0 Å². The average Bonchev–Trinajstić information content (AvgIpc) is 4.06. The van der Waals surface area contributed by atoms with Crippen molar-refractivity contribution in [3.8, 4) is 23.0 Å². The van der Waals surface area contributed by atoms with Gasteiger partial charge >= 0.3 is 0 Å². The molecule has 51 heavy (non-hydrogen) atoms. The van der Waals surface area contributed by atoms with Crippen LogP contribution in [-0.2, 0) is 33.3 Å². The Kier molecular flexibility index (Phi) is 6.12. The molecule has 4 bridgehead atoms. The van der Waals surface area contributed by atoms with Crippen LogP contribution in [0.3, 0.4) is 0 Å². The van der Waals surface area contributed by atoms with Crippen LogP contribution in [0.4, 0.5) is 0 Å². The summed E-state index contributed by atoms with van der Waals surface area (Å²) in [7, 11) is 0. The number of hydrogen-bond acceptors (Lipinski definition) is 9. The second kappa shape index (κ2) is 10.3. The lowest BCUT2D eigenvalue weighted by molar-refractivity contribution is -0.188. The number of likely N-dealkylation sites (tertiary alicyclic amines) is 2. The maximum absolute atomic E-state index is 13.5. The molecule has 2 aromatic carbocycles. The number of carbonyl (C=O) groups excluding carboxylic acids is 2. The van der Waals surface area contributed by atoms with Crippen molar-refractivity contribution in [1.82, 2.24) is 9.80 Å². The van der Waals surface area contributed by atoms with E-state index in [1.165, 1.54) is 48.9 Å². The van der Waals surface area contributed by atoms with Gasteiger partial charge in [-0.2, -0.15) is 0 Å². The minimum absolute atomic E-state index is 0.00968. The molecule has 4 heterocycles. The van der Waals surface area contributed by atoms with Gasteiger partial charge in [0.15, 0.2) is 46.8 Å². The molecule has 6 aliphatic carbocycles. The summed E-state index contributed by atoms with van der Waals surface area (Å²) >= 11 is 0. The molecule has 2 saturated heterocycles. The summed E-state index contributed by atoms with van der Waals surface area (Å²) in [6, 6.07) is 8.90. The van der Waals surface area contributed by atoms with Crippen LogP contribution in [0.5, 0.6) is 23.0 Å². The van der Waals surface area contributed by atoms with Crippen molar-refractivity contribution in [3.63, 3.8) is 0 Å². The zero-order valence-electron chi connectivity index (χ0n) is 29.4. The number of nitrogens with zero attached hydrogens (tertiary/aromatic N) is 2. The Hall–Kier alpha value is -3.14. The molecule has 9 nitrogen and oxygen atoms in total. The number of carbonyl (C=O) groups is 2. The van der Waals surface area contributed by atoms with E-state index in [2.05, 4.69) is 21.9 Å². The van der Waals surface area contributed by atoms with Gasteiger partial charge in [0, 0.05) is 54.6 Å². The number of ketones is 2. The maximum Gasteiger partial charge on any atom is 0.174 e. The van der Waals surface area contributed by atoms with E-state index in [4.69, 9.17) is 18.9 Å². The van der Waals surface area contributed by atoms with Crippen molar-refractivity contribution >= 4 is 11.6 Å². The number of aliphatic hydroxyl groups is 1. The Balaban J connectivity index is 0.810. The minimum Gasteiger partial charge on any atom is -0.486 e. The van der Waals surface area contributed by atoms with Crippen molar-refractivity contribution in [1.29, 1.82) is 0 Å². The Morgan fingerprint density at radius 2 is 1.37 bits per heavy atom. The second-order valence-corrected chi connectivity index (χ2v) is 17.9. The van der Waals surface area contributed by atoms with Crippen LogP contribution in [-0.4, -0.2) is 95.8 Å². The lowest BCUT2D eigenvalue weighted by Gasteiger charge is -2.62. The number of hydrogen-bond donors (Lipinski definition) is 1. The first-order chi connectivity index (χ1) is 24.9. The largest absolute Gasteiger partial charge is 0.486 e. The van der Waals surface area contributed by atoms with E-state index in [1.807, 2.05) is 12.1 Å². The molecular formula is C42H48N2O7. The van der Waals surface area contributed by atoms with Gasteiger partial charge in [-0.15, -0.1) is 0 Å². The van der Waals surface area contributed by atoms with Gasteiger partial charge in [0.2, 0.25) is 0 Å². The predicted octanol–water partition coefficient (Wildman–Crippen LogP) is 4.30. The topological polar surface area (TPSA) is 97.8 Å². The van der Waals surface area contributed by atoms with Gasteiger partial charge in [-0.3, -0.25) is 19.4 Å². The SMILES string of the molecule is O=C1CC[C@@]2(O)[C@H]3Cc4ccc(OCCOc5ccc6c7c5O[C@H]5C(=O)CCC8[C@@H](C6)N(CC6CC6)CC[C@@]785)c5c4[C@@]2(CCN3CC2CC2)[C@H]1O5. The Labute approximate surface area is 298 Å². The molecular weight excluding hydrogens is 644 g/mol. The fourth-order valence-electron chi connectivity index (χ4n) is 13.0. The average molecular weight is 693 g/mol. The van der Waals surface area contributed by atoms with E-state index in [1.54, 1.807) is 0 Å². The van der Waals surface area contributed by atoms with E-state index in [-0.39, 0.29) is 29.6 Å². The van der Waals surface area contributed by atoms with Crippen LogP contribution in [0.1, 0.15) is 86.5 Å². The van der Waals surface area contributed by atoms with E-state index < -0.39 is 23.2 Å². The fraction of sp³-hybridized carbons (Fsp3) is 0.667. The molecule has 10 aliphatic rings. The zero-order valence-corrected chi connectivity index (χ0v) is 29.4. The van der Waals surface area contributed by atoms with Crippen molar-refractivity contribution in [3.05, 3.63) is 46.5 Å². The zero-order chi connectivity index (χ0) is 33.9. The second-order valence-electron chi connectivity index (χ2n) is 17.9. The fourth-order valence-corrected chi connectivity index (χ4v) is 13.0. The smallest absolute Gasteiger partial charge is 0.174 e. The van der Waals surface area contributed by atoms with E-state index >= 15 is 0 Å². The molecule has 1 unspecified atom stereocenters. The van der Waals surface area contributed by atoms with E-state index in [0.717, 1.165) is 74.9 Å². The first kappa shape index (κ1) is 30.3. The van der Waals surface area contributed by atoms with Crippen molar-refractivity contribution in [2.75, 3.05) is 39.4 Å². The Morgan fingerprint density at radius 3 is 2.12 bits per heavy atom. The van der Waals surface area contributed by atoms with Gasteiger partial charge in [0.1, 0.15) is 13.2 Å². The van der Waals surface area contributed by atoms with Gasteiger partial charge in [0.05, 0.1) is 11.0 Å².